The Balaban J connectivity index is 1.53. The minimum Gasteiger partial charge on any atom is -0.454 e. The molecule has 0 spiro atoms. The van der Waals surface area contributed by atoms with Crippen LogP contribution in [0.5, 0.6) is 11.5 Å². The molecule has 1 saturated carbocycles. The second-order valence-corrected chi connectivity index (χ2v) is 7.07. The lowest BCUT2D eigenvalue weighted by Crippen LogP contribution is -2.21. The van der Waals surface area contributed by atoms with Gasteiger partial charge in [0.2, 0.25) is 0 Å². The monoisotopic (exact) mass is 343 g/mol. The summed E-state index contributed by atoms with van der Waals surface area (Å²) in [6, 6.07) is 7.67. The average molecular weight is 343 g/mol. The smallest absolute Gasteiger partial charge is 0.184 e. The summed E-state index contributed by atoms with van der Waals surface area (Å²) in [5.41, 5.74) is 0.931. The number of thiazole rings is 1. The zero-order valence-corrected chi connectivity index (χ0v) is 14.0. The Morgan fingerprint density at radius 2 is 2.04 bits per heavy atom. The van der Waals surface area contributed by atoms with Crippen LogP contribution in [0.3, 0.4) is 0 Å². The van der Waals surface area contributed by atoms with Crippen LogP contribution in [0.15, 0.2) is 36.7 Å². The summed E-state index contributed by atoms with van der Waals surface area (Å²) < 4.78 is 20.3. The summed E-state index contributed by atoms with van der Waals surface area (Å²) in [7, 11) is 0. The van der Waals surface area contributed by atoms with Crippen LogP contribution in [0.2, 0.25) is 0 Å². The minimum absolute atomic E-state index is 0.175. The molecule has 2 aromatic heterocycles. The molecule has 0 unspecified atom stereocenters. The van der Waals surface area contributed by atoms with Gasteiger partial charge in [-0.3, -0.25) is 4.98 Å². The topological polar surface area (TPSA) is 47.0 Å². The number of rotatable bonds is 4. The Kier molecular flexibility index (Phi) is 4.30. The van der Waals surface area contributed by atoms with Gasteiger partial charge in [-0.25, -0.2) is 9.37 Å². The van der Waals surface area contributed by atoms with Crippen molar-refractivity contribution in [2.75, 3.05) is 5.32 Å². The molecule has 1 aliphatic carbocycles. The van der Waals surface area contributed by atoms with Gasteiger partial charge in [0.1, 0.15) is 5.75 Å². The molecule has 6 heteroatoms. The van der Waals surface area contributed by atoms with Crippen LogP contribution in [0.25, 0.3) is 10.2 Å². The van der Waals surface area contributed by atoms with E-state index >= 15 is 0 Å². The average Bonchev–Trinajstić information content (AvgIpc) is 2.99. The highest BCUT2D eigenvalue weighted by Crippen LogP contribution is 2.33. The summed E-state index contributed by atoms with van der Waals surface area (Å²) in [4.78, 5) is 8.36. The summed E-state index contributed by atoms with van der Waals surface area (Å²) in [6.07, 6.45) is 9.00. The number of hydrogen-bond acceptors (Lipinski definition) is 5. The summed E-state index contributed by atoms with van der Waals surface area (Å²) in [6.45, 7) is 0. The Labute approximate surface area is 143 Å². The largest absolute Gasteiger partial charge is 0.454 e. The molecular weight excluding hydrogens is 325 g/mol. The van der Waals surface area contributed by atoms with Gasteiger partial charge in [0, 0.05) is 24.4 Å². The van der Waals surface area contributed by atoms with E-state index in [4.69, 9.17) is 4.74 Å². The Hall–Kier alpha value is -2.21. The van der Waals surface area contributed by atoms with Crippen molar-refractivity contribution in [3.05, 3.63) is 42.5 Å². The standard InChI is InChI=1S/C18H18FN3OS/c19-14-11-20-9-8-16(14)23-13-6-7-15-17(10-13)24-18(22-15)21-12-4-2-1-3-5-12/h6-12H,1-5H2,(H,21,22). The number of ether oxygens (including phenoxy) is 1. The van der Waals surface area contributed by atoms with E-state index in [9.17, 15) is 4.39 Å². The van der Waals surface area contributed by atoms with Crippen molar-refractivity contribution in [3.8, 4) is 11.5 Å². The molecule has 0 atom stereocenters. The molecule has 0 aliphatic heterocycles. The predicted octanol–water partition coefficient (Wildman–Crippen LogP) is 5.37. The number of halogens is 1. The number of pyridine rings is 1. The quantitative estimate of drug-likeness (QED) is 0.692. The third-order valence-corrected chi connectivity index (χ3v) is 5.21. The normalized spacial score (nSPS) is 15.5. The zero-order valence-electron chi connectivity index (χ0n) is 13.2. The van der Waals surface area contributed by atoms with Crippen molar-refractivity contribution >= 4 is 26.7 Å². The molecule has 0 bridgehead atoms. The second kappa shape index (κ2) is 6.73. The Morgan fingerprint density at radius 3 is 2.88 bits per heavy atom. The van der Waals surface area contributed by atoms with Crippen LogP contribution in [0, 0.1) is 5.82 Å². The molecule has 1 N–H and O–H groups in total. The number of benzene rings is 1. The molecule has 2 heterocycles. The van der Waals surface area contributed by atoms with Gasteiger partial charge < -0.3 is 10.1 Å². The first kappa shape index (κ1) is 15.3. The van der Waals surface area contributed by atoms with E-state index in [0.717, 1.165) is 21.5 Å². The molecule has 1 aromatic carbocycles. The molecule has 1 fully saturated rings. The Bertz CT molecular complexity index is 845. The lowest BCUT2D eigenvalue weighted by atomic mass is 9.96. The molecule has 1 aliphatic rings. The van der Waals surface area contributed by atoms with E-state index in [1.165, 1.54) is 44.4 Å². The molecular formula is C18H18FN3OS. The SMILES string of the molecule is Fc1cnccc1Oc1ccc2nc(NC3CCCCC3)sc2c1. The number of anilines is 1. The van der Waals surface area contributed by atoms with Crippen LogP contribution in [-0.2, 0) is 0 Å². The van der Waals surface area contributed by atoms with Gasteiger partial charge in [-0.05, 0) is 25.0 Å². The number of fused-ring (bicyclic) bond motifs is 1. The van der Waals surface area contributed by atoms with Gasteiger partial charge in [0.05, 0.1) is 16.4 Å². The first-order valence-electron chi connectivity index (χ1n) is 8.22. The molecule has 3 aromatic rings. The van der Waals surface area contributed by atoms with Crippen molar-refractivity contribution in [1.29, 1.82) is 0 Å². The highest BCUT2D eigenvalue weighted by molar-refractivity contribution is 7.22. The molecule has 124 valence electrons. The molecule has 0 saturated heterocycles. The van der Waals surface area contributed by atoms with E-state index in [1.807, 2.05) is 18.2 Å². The summed E-state index contributed by atoms with van der Waals surface area (Å²) in [5.74, 6) is 0.302. The first-order valence-corrected chi connectivity index (χ1v) is 9.04. The van der Waals surface area contributed by atoms with Gasteiger partial charge in [-0.2, -0.15) is 0 Å². The van der Waals surface area contributed by atoms with Gasteiger partial charge in [-0.15, -0.1) is 0 Å². The lowest BCUT2D eigenvalue weighted by Gasteiger charge is -2.22. The summed E-state index contributed by atoms with van der Waals surface area (Å²) >= 11 is 1.61. The van der Waals surface area contributed by atoms with Gasteiger partial charge in [-0.1, -0.05) is 30.6 Å². The number of aromatic nitrogens is 2. The van der Waals surface area contributed by atoms with Gasteiger partial charge >= 0.3 is 0 Å². The lowest BCUT2D eigenvalue weighted by molar-refractivity contribution is 0.441. The van der Waals surface area contributed by atoms with E-state index < -0.39 is 5.82 Å². The highest BCUT2D eigenvalue weighted by Gasteiger charge is 2.15. The molecule has 4 rings (SSSR count). The van der Waals surface area contributed by atoms with Gasteiger partial charge in [0.15, 0.2) is 16.7 Å². The van der Waals surface area contributed by atoms with Crippen LogP contribution < -0.4 is 10.1 Å². The van der Waals surface area contributed by atoms with Crippen molar-refractivity contribution in [2.24, 2.45) is 0 Å². The molecule has 4 nitrogen and oxygen atoms in total. The van der Waals surface area contributed by atoms with Crippen molar-refractivity contribution in [1.82, 2.24) is 9.97 Å². The predicted molar refractivity (Wildman–Crippen MR) is 94.4 cm³/mol. The van der Waals surface area contributed by atoms with E-state index in [0.29, 0.717) is 11.8 Å². The van der Waals surface area contributed by atoms with Crippen molar-refractivity contribution in [2.45, 2.75) is 38.1 Å². The van der Waals surface area contributed by atoms with Crippen LogP contribution in [0.4, 0.5) is 9.52 Å². The second-order valence-electron chi connectivity index (χ2n) is 6.04. The van der Waals surface area contributed by atoms with Crippen molar-refractivity contribution < 1.29 is 9.13 Å². The van der Waals surface area contributed by atoms with Gasteiger partial charge in [0.25, 0.3) is 0 Å². The fourth-order valence-electron chi connectivity index (χ4n) is 3.02. The number of hydrogen-bond donors (Lipinski definition) is 1. The third kappa shape index (κ3) is 3.33. The maximum absolute atomic E-state index is 13.6. The fourth-order valence-corrected chi connectivity index (χ4v) is 4.00. The van der Waals surface area contributed by atoms with Crippen LogP contribution >= 0.6 is 11.3 Å². The third-order valence-electron chi connectivity index (χ3n) is 4.26. The highest BCUT2D eigenvalue weighted by atomic mass is 32.1. The van der Waals surface area contributed by atoms with Crippen LogP contribution in [0.1, 0.15) is 32.1 Å². The van der Waals surface area contributed by atoms with E-state index in [1.54, 1.807) is 11.3 Å². The molecule has 0 radical (unpaired) electrons. The molecule has 0 amide bonds. The first-order chi connectivity index (χ1) is 11.8. The van der Waals surface area contributed by atoms with Crippen LogP contribution in [-0.4, -0.2) is 16.0 Å². The minimum atomic E-state index is -0.471. The van der Waals surface area contributed by atoms with E-state index in [2.05, 4.69) is 15.3 Å². The summed E-state index contributed by atoms with van der Waals surface area (Å²) in [5, 5.41) is 4.50. The number of nitrogens with one attached hydrogen (secondary N) is 1. The Morgan fingerprint density at radius 1 is 1.17 bits per heavy atom. The van der Waals surface area contributed by atoms with Crippen molar-refractivity contribution in [3.63, 3.8) is 0 Å². The maximum Gasteiger partial charge on any atom is 0.184 e. The molecule has 24 heavy (non-hydrogen) atoms. The fraction of sp³-hybridized carbons (Fsp3) is 0.333. The zero-order chi connectivity index (χ0) is 16.4. The maximum atomic E-state index is 13.6. The number of nitrogens with zero attached hydrogens (tertiary/aromatic N) is 2. The van der Waals surface area contributed by atoms with E-state index in [-0.39, 0.29) is 5.75 Å².